The molecule has 0 saturated heterocycles. The van der Waals surface area contributed by atoms with Gasteiger partial charge in [-0.25, -0.2) is 8.78 Å². The highest BCUT2D eigenvalue weighted by atomic mass is 19.1. The van der Waals surface area contributed by atoms with Crippen molar-refractivity contribution in [3.63, 3.8) is 0 Å². The summed E-state index contributed by atoms with van der Waals surface area (Å²) in [4.78, 5) is 0. The lowest BCUT2D eigenvalue weighted by Crippen LogP contribution is -2.18. The van der Waals surface area contributed by atoms with Gasteiger partial charge in [-0.15, -0.1) is 0 Å². The molecule has 1 atom stereocenters. The van der Waals surface area contributed by atoms with E-state index in [0.717, 1.165) is 11.1 Å². The van der Waals surface area contributed by atoms with Gasteiger partial charge in [-0.2, -0.15) is 0 Å². The number of aryl methyl sites for hydroxylation is 1. The minimum atomic E-state index is -0.272. The van der Waals surface area contributed by atoms with Crippen molar-refractivity contribution >= 4 is 0 Å². The molecule has 94 valence electrons. The topological polar surface area (TPSA) is 12.0 Å². The normalized spacial score (nSPS) is 12.4. The lowest BCUT2D eigenvalue weighted by molar-refractivity contribution is 0.609. The number of halogens is 2. The molecule has 2 aromatic carbocycles. The Kier molecular flexibility index (Phi) is 3.72. The maximum Gasteiger partial charge on any atom is 0.126 e. The molecule has 0 aliphatic carbocycles. The fourth-order valence-corrected chi connectivity index (χ4v) is 2.06. The summed E-state index contributed by atoms with van der Waals surface area (Å²) in [6.07, 6.45) is 0. The molecule has 2 aromatic rings. The van der Waals surface area contributed by atoms with E-state index in [1.807, 2.05) is 6.07 Å². The van der Waals surface area contributed by atoms with Gasteiger partial charge in [0.05, 0.1) is 6.04 Å². The summed E-state index contributed by atoms with van der Waals surface area (Å²) in [7, 11) is 1.80. The third-order valence-corrected chi connectivity index (χ3v) is 2.99. The molecule has 0 spiro atoms. The highest BCUT2D eigenvalue weighted by Crippen LogP contribution is 2.23. The lowest BCUT2D eigenvalue weighted by atomic mass is 9.97. The van der Waals surface area contributed by atoms with Gasteiger partial charge in [-0.3, -0.25) is 0 Å². The highest BCUT2D eigenvalue weighted by Gasteiger charge is 2.13. The van der Waals surface area contributed by atoms with E-state index in [2.05, 4.69) is 5.32 Å². The number of benzene rings is 2. The van der Waals surface area contributed by atoms with Crippen LogP contribution < -0.4 is 5.32 Å². The number of nitrogens with one attached hydrogen (secondary N) is 1. The van der Waals surface area contributed by atoms with Gasteiger partial charge >= 0.3 is 0 Å². The molecule has 2 rings (SSSR count). The van der Waals surface area contributed by atoms with Crippen LogP contribution in [0.1, 0.15) is 22.7 Å². The molecule has 0 aliphatic heterocycles. The Balaban J connectivity index is 2.42. The second-order valence-electron chi connectivity index (χ2n) is 4.29. The van der Waals surface area contributed by atoms with Gasteiger partial charge in [-0.05, 0) is 48.9 Å². The van der Waals surface area contributed by atoms with Gasteiger partial charge < -0.3 is 5.32 Å². The Hall–Kier alpha value is -1.74. The second-order valence-corrected chi connectivity index (χ2v) is 4.29. The minimum Gasteiger partial charge on any atom is -0.309 e. The molecule has 1 N–H and O–H groups in total. The first-order valence-corrected chi connectivity index (χ1v) is 5.80. The van der Waals surface area contributed by atoms with Gasteiger partial charge in [0.1, 0.15) is 11.6 Å². The molecule has 1 nitrogen and oxygen atoms in total. The summed E-state index contributed by atoms with van der Waals surface area (Å²) in [6.45, 7) is 1.72. The van der Waals surface area contributed by atoms with E-state index in [1.54, 1.807) is 32.2 Å². The van der Waals surface area contributed by atoms with Crippen molar-refractivity contribution in [3.8, 4) is 0 Å². The molecule has 18 heavy (non-hydrogen) atoms. The lowest BCUT2D eigenvalue weighted by Gasteiger charge is -2.18. The number of hydrogen-bond donors (Lipinski definition) is 1. The fraction of sp³-hybridized carbons (Fsp3) is 0.200. The molecule has 0 bridgehead atoms. The van der Waals surface area contributed by atoms with Crippen molar-refractivity contribution in [2.24, 2.45) is 0 Å². The molecule has 3 heteroatoms. The van der Waals surface area contributed by atoms with E-state index in [4.69, 9.17) is 0 Å². The second kappa shape index (κ2) is 5.27. The molecule has 0 amide bonds. The Morgan fingerprint density at radius 3 is 2.33 bits per heavy atom. The van der Waals surface area contributed by atoms with E-state index < -0.39 is 0 Å². The first kappa shape index (κ1) is 12.7. The van der Waals surface area contributed by atoms with Crippen molar-refractivity contribution < 1.29 is 8.78 Å². The molecule has 0 fully saturated rings. The van der Waals surface area contributed by atoms with Crippen LogP contribution in [0.15, 0.2) is 42.5 Å². The monoisotopic (exact) mass is 247 g/mol. The van der Waals surface area contributed by atoms with Crippen molar-refractivity contribution in [1.29, 1.82) is 0 Å². The van der Waals surface area contributed by atoms with Crippen molar-refractivity contribution in [2.75, 3.05) is 7.05 Å². The smallest absolute Gasteiger partial charge is 0.126 e. The summed E-state index contributed by atoms with van der Waals surface area (Å²) in [6, 6.07) is 11.2. The van der Waals surface area contributed by atoms with Gasteiger partial charge in [0.2, 0.25) is 0 Å². The average Bonchev–Trinajstić information content (AvgIpc) is 2.35. The molecular weight excluding hydrogens is 232 g/mol. The molecule has 1 unspecified atom stereocenters. The standard InChI is InChI=1S/C15H15F2N/c1-10-8-12(6-7-14(10)17)15(18-2)11-4-3-5-13(16)9-11/h3-9,15,18H,1-2H3. The molecule has 0 aliphatic rings. The van der Waals surface area contributed by atoms with Crippen molar-refractivity contribution in [2.45, 2.75) is 13.0 Å². The quantitative estimate of drug-likeness (QED) is 0.874. The van der Waals surface area contributed by atoms with Crippen LogP contribution in [0.4, 0.5) is 8.78 Å². The summed E-state index contributed by atoms with van der Waals surface area (Å²) in [5, 5.41) is 3.12. The number of hydrogen-bond acceptors (Lipinski definition) is 1. The van der Waals surface area contributed by atoms with Gasteiger partial charge in [0.15, 0.2) is 0 Å². The first-order chi connectivity index (χ1) is 8.61. The predicted molar refractivity (Wildman–Crippen MR) is 68.4 cm³/mol. The Morgan fingerprint density at radius 2 is 1.72 bits per heavy atom. The summed E-state index contributed by atoms with van der Waals surface area (Å²) < 4.78 is 26.5. The van der Waals surface area contributed by atoms with Crippen LogP contribution in [0.25, 0.3) is 0 Å². The Bertz CT molecular complexity index is 552. The van der Waals surface area contributed by atoms with Crippen LogP contribution in [-0.4, -0.2) is 7.05 Å². The number of rotatable bonds is 3. The summed E-state index contributed by atoms with van der Waals surface area (Å²) in [5.41, 5.74) is 2.33. The van der Waals surface area contributed by atoms with Crippen molar-refractivity contribution in [1.82, 2.24) is 5.32 Å². The van der Waals surface area contributed by atoms with Crippen molar-refractivity contribution in [3.05, 3.63) is 70.8 Å². The predicted octanol–water partition coefficient (Wildman–Crippen LogP) is 3.58. The van der Waals surface area contributed by atoms with E-state index in [1.165, 1.54) is 18.2 Å². The molecule has 0 saturated carbocycles. The van der Waals surface area contributed by atoms with Crippen LogP contribution in [0.2, 0.25) is 0 Å². The zero-order valence-corrected chi connectivity index (χ0v) is 10.4. The molecule has 0 heterocycles. The first-order valence-electron chi connectivity index (χ1n) is 5.80. The third kappa shape index (κ3) is 2.57. The minimum absolute atomic E-state index is 0.139. The van der Waals surface area contributed by atoms with E-state index >= 15 is 0 Å². The molecule has 0 radical (unpaired) electrons. The van der Waals surface area contributed by atoms with E-state index in [9.17, 15) is 8.78 Å². The van der Waals surface area contributed by atoms with Gasteiger partial charge in [-0.1, -0.05) is 24.3 Å². The summed E-state index contributed by atoms with van der Waals surface area (Å²) >= 11 is 0. The molecule has 0 aromatic heterocycles. The average molecular weight is 247 g/mol. The Labute approximate surface area is 105 Å². The Morgan fingerprint density at radius 1 is 1.00 bits per heavy atom. The van der Waals surface area contributed by atoms with Gasteiger partial charge in [0.25, 0.3) is 0 Å². The highest BCUT2D eigenvalue weighted by molar-refractivity contribution is 5.34. The van der Waals surface area contributed by atoms with Crippen LogP contribution in [0, 0.1) is 18.6 Å². The van der Waals surface area contributed by atoms with Crippen LogP contribution in [0.3, 0.4) is 0 Å². The largest absolute Gasteiger partial charge is 0.309 e. The SMILES string of the molecule is CNC(c1cccc(F)c1)c1ccc(F)c(C)c1. The van der Waals surface area contributed by atoms with Crippen LogP contribution in [0.5, 0.6) is 0 Å². The molecular formula is C15H15F2N. The van der Waals surface area contributed by atoms with E-state index in [0.29, 0.717) is 5.56 Å². The zero-order valence-electron chi connectivity index (χ0n) is 10.4. The fourth-order valence-electron chi connectivity index (χ4n) is 2.06. The maximum atomic E-state index is 13.3. The van der Waals surface area contributed by atoms with E-state index in [-0.39, 0.29) is 17.7 Å². The zero-order chi connectivity index (χ0) is 13.1. The van der Waals surface area contributed by atoms with Crippen LogP contribution in [-0.2, 0) is 0 Å². The maximum absolute atomic E-state index is 13.3. The third-order valence-electron chi connectivity index (χ3n) is 2.99. The van der Waals surface area contributed by atoms with Crippen LogP contribution >= 0.6 is 0 Å². The van der Waals surface area contributed by atoms with Gasteiger partial charge in [0, 0.05) is 0 Å². The summed E-state index contributed by atoms with van der Waals surface area (Å²) in [5.74, 6) is -0.501.